The molecule has 152 valence electrons. The summed E-state index contributed by atoms with van der Waals surface area (Å²) in [6.45, 7) is 6.76. The lowest BCUT2D eigenvalue weighted by Crippen LogP contribution is -2.43. The molecule has 1 heterocycles. The molecule has 0 amide bonds. The van der Waals surface area contributed by atoms with Gasteiger partial charge in [-0.1, -0.05) is 32.0 Å². The van der Waals surface area contributed by atoms with Crippen molar-refractivity contribution in [2.75, 3.05) is 26.8 Å². The molecule has 0 spiro atoms. The zero-order chi connectivity index (χ0) is 19.3. The molecule has 5 nitrogen and oxygen atoms in total. The number of fused-ring (bicyclic) bond motifs is 1. The van der Waals surface area contributed by atoms with Crippen molar-refractivity contribution in [1.29, 1.82) is 0 Å². The van der Waals surface area contributed by atoms with Crippen molar-refractivity contribution in [2.45, 2.75) is 25.8 Å². The van der Waals surface area contributed by atoms with E-state index in [1.807, 2.05) is 12.1 Å². The molecule has 0 saturated carbocycles. The fraction of sp³-hybridized carbons (Fsp3) is 0.381. The summed E-state index contributed by atoms with van der Waals surface area (Å²) in [5, 5.41) is 6.61. The van der Waals surface area contributed by atoms with Gasteiger partial charge in [0.05, 0.1) is 0 Å². The highest BCUT2D eigenvalue weighted by molar-refractivity contribution is 14.0. The first-order chi connectivity index (χ1) is 13.0. The van der Waals surface area contributed by atoms with Crippen molar-refractivity contribution < 1.29 is 13.9 Å². The summed E-state index contributed by atoms with van der Waals surface area (Å²) in [6.07, 6.45) is 0. The van der Waals surface area contributed by atoms with Gasteiger partial charge in [-0.3, -0.25) is 4.99 Å². The molecule has 1 aliphatic heterocycles. The molecule has 2 aromatic rings. The van der Waals surface area contributed by atoms with Gasteiger partial charge in [0.1, 0.15) is 19.0 Å². The van der Waals surface area contributed by atoms with Crippen LogP contribution in [0.2, 0.25) is 0 Å². The average molecular weight is 499 g/mol. The Labute approximate surface area is 182 Å². The maximum atomic E-state index is 13.0. The first-order valence-electron chi connectivity index (χ1n) is 9.07. The van der Waals surface area contributed by atoms with Gasteiger partial charge in [-0.05, 0) is 35.4 Å². The van der Waals surface area contributed by atoms with E-state index in [2.05, 4.69) is 35.5 Å². The van der Waals surface area contributed by atoms with Crippen molar-refractivity contribution in [3.8, 4) is 11.5 Å². The van der Waals surface area contributed by atoms with Crippen LogP contribution in [0.4, 0.5) is 4.39 Å². The quantitative estimate of drug-likeness (QED) is 0.373. The third-order valence-electron chi connectivity index (χ3n) is 4.62. The summed E-state index contributed by atoms with van der Waals surface area (Å²) in [4.78, 5) is 4.26. The van der Waals surface area contributed by atoms with E-state index in [0.717, 1.165) is 22.6 Å². The smallest absolute Gasteiger partial charge is 0.191 e. The van der Waals surface area contributed by atoms with Crippen molar-refractivity contribution in [1.82, 2.24) is 10.6 Å². The average Bonchev–Trinajstić information content (AvgIpc) is 2.69. The molecule has 0 fully saturated rings. The van der Waals surface area contributed by atoms with Gasteiger partial charge in [-0.25, -0.2) is 4.39 Å². The summed E-state index contributed by atoms with van der Waals surface area (Å²) in [5.41, 5.74) is 2.02. The summed E-state index contributed by atoms with van der Waals surface area (Å²) in [5.74, 6) is 2.06. The van der Waals surface area contributed by atoms with Crippen molar-refractivity contribution in [3.05, 3.63) is 59.4 Å². The summed E-state index contributed by atoms with van der Waals surface area (Å²) in [6, 6.07) is 12.5. The summed E-state index contributed by atoms with van der Waals surface area (Å²) < 4.78 is 24.3. The Bertz CT molecular complexity index is 810. The third-order valence-corrected chi connectivity index (χ3v) is 4.62. The van der Waals surface area contributed by atoms with Gasteiger partial charge >= 0.3 is 0 Å². The molecule has 0 atom stereocenters. The number of guanidine groups is 1. The summed E-state index contributed by atoms with van der Waals surface area (Å²) in [7, 11) is 1.73. The van der Waals surface area contributed by atoms with Gasteiger partial charge in [-0.15, -0.1) is 24.0 Å². The minimum Gasteiger partial charge on any atom is -0.486 e. The molecule has 2 aromatic carbocycles. The Morgan fingerprint density at radius 1 is 1.04 bits per heavy atom. The Hall–Kier alpha value is -2.03. The molecule has 0 aliphatic carbocycles. The van der Waals surface area contributed by atoms with E-state index < -0.39 is 0 Å². The van der Waals surface area contributed by atoms with Crippen LogP contribution in [-0.2, 0) is 12.0 Å². The topological polar surface area (TPSA) is 54.9 Å². The number of benzene rings is 2. The van der Waals surface area contributed by atoms with Crippen molar-refractivity contribution >= 4 is 29.9 Å². The number of hydrogen-bond acceptors (Lipinski definition) is 3. The minimum absolute atomic E-state index is 0. The van der Waals surface area contributed by atoms with Crippen molar-refractivity contribution in [3.63, 3.8) is 0 Å². The van der Waals surface area contributed by atoms with Crippen LogP contribution in [-0.4, -0.2) is 32.8 Å². The molecule has 1 aliphatic rings. The van der Waals surface area contributed by atoms with Crippen LogP contribution < -0.4 is 20.1 Å². The number of hydrogen-bond donors (Lipinski definition) is 2. The van der Waals surface area contributed by atoms with Gasteiger partial charge < -0.3 is 20.1 Å². The molecule has 2 N–H and O–H groups in total. The van der Waals surface area contributed by atoms with Gasteiger partial charge in [-0.2, -0.15) is 0 Å². The fourth-order valence-electron chi connectivity index (χ4n) is 2.88. The van der Waals surface area contributed by atoms with E-state index in [1.54, 1.807) is 19.2 Å². The highest BCUT2D eigenvalue weighted by Gasteiger charge is 2.23. The van der Waals surface area contributed by atoms with Crippen LogP contribution in [0.15, 0.2) is 47.5 Å². The zero-order valence-electron chi connectivity index (χ0n) is 16.4. The molecular weight excluding hydrogens is 472 g/mol. The molecule has 3 rings (SSSR count). The SMILES string of the molecule is CN=C(NCc1ccc(F)cc1)NCC(C)(C)c1ccc2c(c1)OCCO2.I. The van der Waals surface area contributed by atoms with E-state index in [4.69, 9.17) is 9.47 Å². The summed E-state index contributed by atoms with van der Waals surface area (Å²) >= 11 is 0. The number of halogens is 2. The first-order valence-corrected chi connectivity index (χ1v) is 9.07. The number of nitrogens with one attached hydrogen (secondary N) is 2. The van der Waals surface area contributed by atoms with Crippen LogP contribution in [0.1, 0.15) is 25.0 Å². The second-order valence-electron chi connectivity index (χ2n) is 7.15. The highest BCUT2D eigenvalue weighted by Crippen LogP contribution is 2.34. The third kappa shape index (κ3) is 5.73. The highest BCUT2D eigenvalue weighted by atomic mass is 127. The van der Waals surface area contributed by atoms with Crippen LogP contribution >= 0.6 is 24.0 Å². The molecule has 0 unspecified atom stereocenters. The lowest BCUT2D eigenvalue weighted by molar-refractivity contribution is 0.171. The Balaban J connectivity index is 0.00000280. The van der Waals surface area contributed by atoms with Crippen LogP contribution in [0.25, 0.3) is 0 Å². The van der Waals surface area contributed by atoms with Gasteiger partial charge in [0.15, 0.2) is 17.5 Å². The van der Waals surface area contributed by atoms with E-state index in [9.17, 15) is 4.39 Å². The second kappa shape index (κ2) is 9.95. The fourth-order valence-corrected chi connectivity index (χ4v) is 2.88. The first kappa shape index (κ1) is 22.3. The van der Waals surface area contributed by atoms with E-state index in [-0.39, 0.29) is 35.2 Å². The predicted octanol–water partition coefficient (Wildman–Crippen LogP) is 3.86. The molecule has 7 heteroatoms. The van der Waals surface area contributed by atoms with Crippen LogP contribution in [0.3, 0.4) is 0 Å². The maximum Gasteiger partial charge on any atom is 0.191 e. The Kier molecular flexibility index (Phi) is 7.91. The van der Waals surface area contributed by atoms with E-state index >= 15 is 0 Å². The number of aliphatic imine (C=N–C) groups is 1. The van der Waals surface area contributed by atoms with Gasteiger partial charge in [0.2, 0.25) is 0 Å². The normalized spacial score (nSPS) is 13.5. The largest absolute Gasteiger partial charge is 0.486 e. The van der Waals surface area contributed by atoms with Gasteiger partial charge in [0.25, 0.3) is 0 Å². The van der Waals surface area contributed by atoms with Crippen LogP contribution in [0.5, 0.6) is 11.5 Å². The lowest BCUT2D eigenvalue weighted by Gasteiger charge is -2.28. The molecule has 28 heavy (non-hydrogen) atoms. The van der Waals surface area contributed by atoms with Gasteiger partial charge in [0, 0.05) is 25.6 Å². The number of rotatable bonds is 5. The monoisotopic (exact) mass is 499 g/mol. The second-order valence-corrected chi connectivity index (χ2v) is 7.15. The molecule has 0 aromatic heterocycles. The minimum atomic E-state index is -0.234. The Morgan fingerprint density at radius 3 is 2.39 bits per heavy atom. The lowest BCUT2D eigenvalue weighted by atomic mass is 9.84. The number of nitrogens with zero attached hydrogens (tertiary/aromatic N) is 1. The molecule has 0 radical (unpaired) electrons. The zero-order valence-corrected chi connectivity index (χ0v) is 18.8. The van der Waals surface area contributed by atoms with Crippen LogP contribution in [0, 0.1) is 5.82 Å². The number of ether oxygens (including phenoxy) is 2. The Morgan fingerprint density at radius 2 is 1.71 bits per heavy atom. The van der Waals surface area contributed by atoms with E-state index in [0.29, 0.717) is 32.3 Å². The molecule has 0 saturated heterocycles. The van der Waals surface area contributed by atoms with Crippen molar-refractivity contribution in [2.24, 2.45) is 4.99 Å². The standard InChI is InChI=1S/C21H26FN3O2.HI/c1-21(2,16-6-9-18-19(12-16)27-11-10-26-18)14-25-20(23-3)24-13-15-4-7-17(22)8-5-15;/h4-9,12H,10-11,13-14H2,1-3H3,(H2,23,24,25);1H. The molecule has 0 bridgehead atoms. The van der Waals surface area contributed by atoms with E-state index in [1.165, 1.54) is 12.1 Å². The predicted molar refractivity (Wildman–Crippen MR) is 120 cm³/mol. The maximum absolute atomic E-state index is 13.0. The molecular formula is C21H27FIN3O2.